The number of benzene rings is 1. The lowest BCUT2D eigenvalue weighted by atomic mass is 10.1. The third-order valence-corrected chi connectivity index (χ3v) is 6.78. The number of thioether (sulfide) groups is 2. The van der Waals surface area contributed by atoms with Gasteiger partial charge in [-0.3, -0.25) is 11.3 Å². The van der Waals surface area contributed by atoms with E-state index >= 15 is 0 Å². The van der Waals surface area contributed by atoms with E-state index in [9.17, 15) is 0 Å². The molecule has 0 amide bonds. The Labute approximate surface area is 112 Å². The summed E-state index contributed by atoms with van der Waals surface area (Å²) >= 11 is 4.11. The minimum absolute atomic E-state index is 0.253. The van der Waals surface area contributed by atoms with Gasteiger partial charge in [0.15, 0.2) is 0 Å². The highest BCUT2D eigenvalue weighted by Crippen LogP contribution is 2.40. The number of nitrogens with one attached hydrogen (secondary N) is 1. The molecule has 4 heteroatoms. The number of nitrogens with two attached hydrogens (primary N) is 1. The summed E-state index contributed by atoms with van der Waals surface area (Å²) in [4.78, 5) is 0. The van der Waals surface area contributed by atoms with Gasteiger partial charge >= 0.3 is 0 Å². The predicted octanol–water partition coefficient (Wildman–Crippen LogP) is 2.82. The highest BCUT2D eigenvalue weighted by molar-refractivity contribution is 8.07. The van der Waals surface area contributed by atoms with Crippen LogP contribution in [0.4, 0.5) is 0 Å². The zero-order valence-corrected chi connectivity index (χ0v) is 11.9. The van der Waals surface area contributed by atoms with Crippen LogP contribution >= 0.6 is 23.5 Å². The second-order valence-electron chi connectivity index (χ2n) is 4.47. The van der Waals surface area contributed by atoms with E-state index < -0.39 is 0 Å². The molecule has 1 aliphatic heterocycles. The maximum Gasteiger partial charge on any atom is 0.0586 e. The Balaban J connectivity index is 2.09. The van der Waals surface area contributed by atoms with E-state index in [4.69, 9.17) is 5.84 Å². The first-order valence-electron chi connectivity index (χ1n) is 6.00. The van der Waals surface area contributed by atoms with Crippen molar-refractivity contribution in [1.29, 1.82) is 0 Å². The first-order chi connectivity index (χ1) is 8.22. The van der Waals surface area contributed by atoms with Crippen LogP contribution in [0.15, 0.2) is 30.3 Å². The Morgan fingerprint density at radius 1 is 1.24 bits per heavy atom. The SMILES string of the molecule is CC1SCC(C(NN)c2ccccc2)SC1C. The average molecular weight is 268 g/mol. The van der Waals surface area contributed by atoms with E-state index in [2.05, 4.69) is 67.1 Å². The van der Waals surface area contributed by atoms with Gasteiger partial charge in [-0.25, -0.2) is 0 Å². The van der Waals surface area contributed by atoms with E-state index in [1.165, 1.54) is 11.3 Å². The summed E-state index contributed by atoms with van der Waals surface area (Å²) in [6, 6.07) is 10.8. The van der Waals surface area contributed by atoms with E-state index in [1.54, 1.807) is 0 Å². The van der Waals surface area contributed by atoms with Gasteiger partial charge in [0.1, 0.15) is 0 Å². The molecule has 1 heterocycles. The summed E-state index contributed by atoms with van der Waals surface area (Å²) < 4.78 is 0. The van der Waals surface area contributed by atoms with Gasteiger partial charge in [0.05, 0.1) is 6.04 Å². The molecule has 0 spiro atoms. The number of hydrazine groups is 1. The standard InChI is InChI=1S/C13H20N2S2/c1-9-10(2)17-12(8-16-9)13(15-14)11-6-4-3-5-7-11/h3-7,9-10,12-13,15H,8,14H2,1-2H3. The zero-order valence-electron chi connectivity index (χ0n) is 10.3. The van der Waals surface area contributed by atoms with Gasteiger partial charge < -0.3 is 0 Å². The maximum atomic E-state index is 5.74. The van der Waals surface area contributed by atoms with Gasteiger partial charge in [0.2, 0.25) is 0 Å². The Morgan fingerprint density at radius 3 is 2.53 bits per heavy atom. The Hall–Kier alpha value is -0.160. The van der Waals surface area contributed by atoms with E-state index in [-0.39, 0.29) is 6.04 Å². The molecule has 3 N–H and O–H groups in total. The van der Waals surface area contributed by atoms with Crippen LogP contribution in [-0.2, 0) is 0 Å². The lowest BCUT2D eigenvalue weighted by molar-refractivity contribution is 0.550. The normalized spacial score (nSPS) is 31.1. The van der Waals surface area contributed by atoms with Crippen LogP contribution in [0.3, 0.4) is 0 Å². The summed E-state index contributed by atoms with van der Waals surface area (Å²) in [6.07, 6.45) is 0. The van der Waals surface area contributed by atoms with E-state index in [0.29, 0.717) is 10.5 Å². The highest BCUT2D eigenvalue weighted by atomic mass is 32.2. The molecule has 0 bridgehead atoms. The molecule has 4 unspecified atom stereocenters. The summed E-state index contributed by atoms with van der Waals surface area (Å²) in [5.74, 6) is 6.91. The van der Waals surface area contributed by atoms with Crippen LogP contribution in [0.5, 0.6) is 0 Å². The van der Waals surface area contributed by atoms with Crippen LogP contribution in [0, 0.1) is 0 Å². The van der Waals surface area contributed by atoms with Crippen molar-refractivity contribution in [2.24, 2.45) is 5.84 Å². The van der Waals surface area contributed by atoms with Crippen LogP contribution < -0.4 is 11.3 Å². The number of hydrogen-bond acceptors (Lipinski definition) is 4. The highest BCUT2D eigenvalue weighted by Gasteiger charge is 2.31. The van der Waals surface area contributed by atoms with Gasteiger partial charge in [-0.05, 0) is 5.56 Å². The average Bonchev–Trinajstić information content (AvgIpc) is 2.36. The third-order valence-electron chi connectivity index (χ3n) is 3.28. The van der Waals surface area contributed by atoms with Crippen molar-refractivity contribution in [3.8, 4) is 0 Å². The largest absolute Gasteiger partial charge is 0.271 e. The summed E-state index contributed by atoms with van der Waals surface area (Å²) in [6.45, 7) is 4.62. The summed E-state index contributed by atoms with van der Waals surface area (Å²) in [5, 5.41) is 1.99. The quantitative estimate of drug-likeness (QED) is 0.653. The topological polar surface area (TPSA) is 38.0 Å². The summed E-state index contributed by atoms with van der Waals surface area (Å²) in [5.41, 5.74) is 4.28. The van der Waals surface area contributed by atoms with Crippen LogP contribution in [0.2, 0.25) is 0 Å². The van der Waals surface area contributed by atoms with Gasteiger partial charge in [-0.1, -0.05) is 44.2 Å². The molecule has 4 atom stereocenters. The second-order valence-corrected chi connectivity index (χ2v) is 7.50. The summed E-state index contributed by atoms with van der Waals surface area (Å²) in [7, 11) is 0. The Kier molecular flexibility index (Phi) is 4.79. The smallest absolute Gasteiger partial charge is 0.0586 e. The predicted molar refractivity (Wildman–Crippen MR) is 79.3 cm³/mol. The first-order valence-corrected chi connectivity index (χ1v) is 7.99. The first kappa shape index (κ1) is 13.3. The minimum Gasteiger partial charge on any atom is -0.271 e. The van der Waals surface area contributed by atoms with Gasteiger partial charge in [-0.2, -0.15) is 23.5 Å². The molecule has 0 aliphatic carbocycles. The maximum absolute atomic E-state index is 5.74. The molecule has 0 radical (unpaired) electrons. The fourth-order valence-corrected chi connectivity index (χ4v) is 5.16. The molecule has 1 saturated heterocycles. The molecule has 2 nitrogen and oxygen atoms in total. The van der Waals surface area contributed by atoms with Crippen molar-refractivity contribution in [1.82, 2.24) is 5.43 Å². The molecule has 0 aromatic heterocycles. The van der Waals surface area contributed by atoms with Crippen molar-refractivity contribution >= 4 is 23.5 Å². The van der Waals surface area contributed by atoms with Gasteiger partial charge in [0, 0.05) is 21.5 Å². The Morgan fingerprint density at radius 2 is 1.94 bits per heavy atom. The molecule has 94 valence electrons. The van der Waals surface area contributed by atoms with Gasteiger partial charge in [-0.15, -0.1) is 0 Å². The lowest BCUT2D eigenvalue weighted by Gasteiger charge is -2.35. The molecule has 2 rings (SSSR count). The van der Waals surface area contributed by atoms with Crippen LogP contribution in [0.1, 0.15) is 25.5 Å². The second kappa shape index (κ2) is 6.14. The molecule has 1 aliphatic rings. The molecular formula is C13H20N2S2. The molecular weight excluding hydrogens is 248 g/mol. The van der Waals surface area contributed by atoms with Crippen molar-refractivity contribution in [3.63, 3.8) is 0 Å². The number of hydrogen-bond donors (Lipinski definition) is 2. The molecule has 1 aromatic carbocycles. The Bertz CT molecular complexity index is 345. The molecule has 0 saturated carbocycles. The molecule has 1 fully saturated rings. The monoisotopic (exact) mass is 268 g/mol. The van der Waals surface area contributed by atoms with Crippen molar-refractivity contribution in [2.45, 2.75) is 35.6 Å². The fraction of sp³-hybridized carbons (Fsp3) is 0.538. The van der Waals surface area contributed by atoms with Crippen LogP contribution in [0.25, 0.3) is 0 Å². The van der Waals surface area contributed by atoms with Gasteiger partial charge in [0.25, 0.3) is 0 Å². The van der Waals surface area contributed by atoms with Crippen molar-refractivity contribution in [3.05, 3.63) is 35.9 Å². The molecule has 1 aromatic rings. The third kappa shape index (κ3) is 3.19. The van der Waals surface area contributed by atoms with Crippen molar-refractivity contribution < 1.29 is 0 Å². The van der Waals surface area contributed by atoms with E-state index in [0.717, 1.165) is 5.25 Å². The lowest BCUT2D eigenvalue weighted by Crippen LogP contribution is -2.40. The molecule has 17 heavy (non-hydrogen) atoms. The fourth-order valence-electron chi connectivity index (χ4n) is 2.06. The van der Waals surface area contributed by atoms with E-state index in [1.807, 2.05) is 6.07 Å². The van der Waals surface area contributed by atoms with Crippen LogP contribution in [-0.4, -0.2) is 21.5 Å². The van der Waals surface area contributed by atoms with Crippen molar-refractivity contribution in [2.75, 3.05) is 5.75 Å². The zero-order chi connectivity index (χ0) is 12.3. The number of rotatable bonds is 3. The minimum atomic E-state index is 0.253.